The number of hydrogen-bond acceptors (Lipinski definition) is 2. The molecule has 0 spiro atoms. The Bertz CT molecular complexity index is 535. The molecule has 4 heteroatoms. The van der Waals surface area contributed by atoms with Crippen molar-refractivity contribution in [2.45, 2.75) is 18.8 Å². The Morgan fingerprint density at radius 1 is 1.29 bits per heavy atom. The number of aromatic nitrogens is 2. The average Bonchev–Trinajstić information content (AvgIpc) is 2.40. The van der Waals surface area contributed by atoms with Gasteiger partial charge in [0.15, 0.2) is 0 Å². The highest BCUT2D eigenvalue weighted by molar-refractivity contribution is 9.08. The molecule has 1 aromatic carbocycles. The van der Waals surface area contributed by atoms with Crippen molar-refractivity contribution in [3.8, 4) is 11.3 Å². The van der Waals surface area contributed by atoms with Gasteiger partial charge in [-0.1, -0.05) is 46.3 Å². The maximum atomic E-state index is 11.9. The number of halogens is 1. The number of aryl methyl sites for hydroxylation is 1. The minimum absolute atomic E-state index is 0.0240. The minimum atomic E-state index is -0.0240. The topological polar surface area (TPSA) is 34.9 Å². The van der Waals surface area contributed by atoms with Crippen molar-refractivity contribution >= 4 is 15.9 Å². The molecule has 2 aromatic rings. The third kappa shape index (κ3) is 2.47. The molecular formula is C13H13BrN2O. The number of nitrogens with zero attached hydrogens (tertiary/aromatic N) is 2. The van der Waals surface area contributed by atoms with Crippen molar-refractivity contribution in [1.29, 1.82) is 0 Å². The van der Waals surface area contributed by atoms with Gasteiger partial charge in [0.25, 0.3) is 5.56 Å². The first-order valence-electron chi connectivity index (χ1n) is 5.48. The molecule has 0 radical (unpaired) electrons. The Morgan fingerprint density at radius 2 is 2.00 bits per heavy atom. The van der Waals surface area contributed by atoms with Gasteiger partial charge in [0.05, 0.1) is 5.69 Å². The first kappa shape index (κ1) is 12.0. The van der Waals surface area contributed by atoms with E-state index in [4.69, 9.17) is 0 Å². The molecule has 3 nitrogen and oxygen atoms in total. The van der Waals surface area contributed by atoms with Gasteiger partial charge in [0, 0.05) is 23.0 Å². The van der Waals surface area contributed by atoms with Crippen LogP contribution < -0.4 is 5.56 Å². The van der Waals surface area contributed by atoms with Crippen LogP contribution in [0.5, 0.6) is 0 Å². The highest BCUT2D eigenvalue weighted by atomic mass is 79.9. The quantitative estimate of drug-likeness (QED) is 0.816. The lowest BCUT2D eigenvalue weighted by Gasteiger charge is -2.07. The number of alkyl halides is 1. The standard InChI is InChI=1S/C13H13BrN2O/c1-2-16-13(17)11(9-14)8-12(15-16)10-6-4-3-5-7-10/h3-8H,2,9H2,1H3. The van der Waals surface area contributed by atoms with Gasteiger partial charge in [0.2, 0.25) is 0 Å². The van der Waals surface area contributed by atoms with Crippen molar-refractivity contribution in [3.63, 3.8) is 0 Å². The first-order chi connectivity index (χ1) is 8.26. The van der Waals surface area contributed by atoms with E-state index < -0.39 is 0 Å². The zero-order chi connectivity index (χ0) is 12.3. The van der Waals surface area contributed by atoms with E-state index in [1.165, 1.54) is 4.68 Å². The van der Waals surface area contributed by atoms with Crippen LogP contribution in [0, 0.1) is 0 Å². The molecule has 0 N–H and O–H groups in total. The fourth-order valence-electron chi connectivity index (χ4n) is 1.66. The molecule has 88 valence electrons. The molecule has 2 rings (SSSR count). The molecule has 0 aliphatic rings. The van der Waals surface area contributed by atoms with Crippen LogP contribution >= 0.6 is 15.9 Å². The molecule has 0 amide bonds. The largest absolute Gasteiger partial charge is 0.270 e. The second-order valence-electron chi connectivity index (χ2n) is 3.68. The van der Waals surface area contributed by atoms with Crippen LogP contribution in [0.2, 0.25) is 0 Å². The van der Waals surface area contributed by atoms with E-state index >= 15 is 0 Å². The summed E-state index contributed by atoms with van der Waals surface area (Å²) in [7, 11) is 0. The maximum Gasteiger partial charge on any atom is 0.270 e. The summed E-state index contributed by atoms with van der Waals surface area (Å²) in [5, 5.41) is 4.90. The summed E-state index contributed by atoms with van der Waals surface area (Å²) in [4.78, 5) is 11.9. The Labute approximate surface area is 108 Å². The first-order valence-corrected chi connectivity index (χ1v) is 6.60. The van der Waals surface area contributed by atoms with Gasteiger partial charge >= 0.3 is 0 Å². The third-order valence-corrected chi connectivity index (χ3v) is 3.17. The molecule has 1 heterocycles. The smallest absolute Gasteiger partial charge is 0.267 e. The molecule has 0 saturated carbocycles. The van der Waals surface area contributed by atoms with Crippen molar-refractivity contribution in [2.75, 3.05) is 0 Å². The van der Waals surface area contributed by atoms with Gasteiger partial charge in [-0.2, -0.15) is 5.10 Å². The Morgan fingerprint density at radius 3 is 2.59 bits per heavy atom. The molecule has 0 fully saturated rings. The second-order valence-corrected chi connectivity index (χ2v) is 4.24. The van der Waals surface area contributed by atoms with E-state index in [1.807, 2.05) is 43.3 Å². The van der Waals surface area contributed by atoms with Gasteiger partial charge in [-0.15, -0.1) is 0 Å². The summed E-state index contributed by atoms with van der Waals surface area (Å²) in [6.45, 7) is 2.50. The van der Waals surface area contributed by atoms with Crippen molar-refractivity contribution in [3.05, 3.63) is 52.3 Å². The monoisotopic (exact) mass is 292 g/mol. The summed E-state index contributed by atoms with van der Waals surface area (Å²) >= 11 is 3.34. The van der Waals surface area contributed by atoms with Gasteiger partial charge in [-0.3, -0.25) is 4.79 Å². The van der Waals surface area contributed by atoms with Crippen LogP contribution in [0.15, 0.2) is 41.2 Å². The molecule has 0 unspecified atom stereocenters. The highest BCUT2D eigenvalue weighted by Crippen LogP contribution is 2.16. The van der Waals surface area contributed by atoms with Crippen LogP contribution in [0.25, 0.3) is 11.3 Å². The average molecular weight is 293 g/mol. The lowest BCUT2D eigenvalue weighted by molar-refractivity contribution is 0.614. The Kier molecular flexibility index (Phi) is 3.74. The summed E-state index contributed by atoms with van der Waals surface area (Å²) in [6, 6.07) is 11.7. The molecule has 0 aliphatic heterocycles. The molecular weight excluding hydrogens is 280 g/mol. The molecule has 1 aromatic heterocycles. The normalized spacial score (nSPS) is 10.5. The number of rotatable bonds is 3. The molecule has 0 atom stereocenters. The molecule has 17 heavy (non-hydrogen) atoms. The van der Waals surface area contributed by atoms with E-state index in [-0.39, 0.29) is 5.56 Å². The fraction of sp³-hybridized carbons (Fsp3) is 0.231. The summed E-state index contributed by atoms with van der Waals surface area (Å²) in [5.41, 5.74) is 2.57. The number of benzene rings is 1. The number of hydrogen-bond donors (Lipinski definition) is 0. The van der Waals surface area contributed by atoms with Gasteiger partial charge in [0.1, 0.15) is 0 Å². The highest BCUT2D eigenvalue weighted by Gasteiger charge is 2.07. The van der Waals surface area contributed by atoms with Crippen LogP contribution in [0.1, 0.15) is 12.5 Å². The fourth-order valence-corrected chi connectivity index (χ4v) is 2.06. The minimum Gasteiger partial charge on any atom is -0.267 e. The Hall–Kier alpha value is -1.42. The van der Waals surface area contributed by atoms with Crippen LogP contribution in [-0.4, -0.2) is 9.78 Å². The summed E-state index contributed by atoms with van der Waals surface area (Å²) < 4.78 is 1.50. The molecule has 0 bridgehead atoms. The predicted molar refractivity (Wildman–Crippen MR) is 72.2 cm³/mol. The summed E-state index contributed by atoms with van der Waals surface area (Å²) in [5.74, 6) is 0. The van der Waals surface area contributed by atoms with Crippen molar-refractivity contribution in [2.24, 2.45) is 0 Å². The van der Waals surface area contributed by atoms with Crippen molar-refractivity contribution in [1.82, 2.24) is 9.78 Å². The lowest BCUT2D eigenvalue weighted by Crippen LogP contribution is -2.25. The van der Waals surface area contributed by atoms with Gasteiger partial charge in [-0.25, -0.2) is 4.68 Å². The molecule has 0 aliphatic carbocycles. The van der Waals surface area contributed by atoms with Crippen LogP contribution in [0.4, 0.5) is 0 Å². The predicted octanol–water partition coefficient (Wildman–Crippen LogP) is 2.83. The lowest BCUT2D eigenvalue weighted by atomic mass is 10.1. The van der Waals surface area contributed by atoms with E-state index in [1.54, 1.807) is 0 Å². The zero-order valence-electron chi connectivity index (χ0n) is 9.56. The van der Waals surface area contributed by atoms with Crippen molar-refractivity contribution < 1.29 is 0 Å². The molecule has 0 saturated heterocycles. The SMILES string of the molecule is CCn1nc(-c2ccccc2)cc(CBr)c1=O. The van der Waals surface area contributed by atoms with E-state index in [0.717, 1.165) is 16.8 Å². The van der Waals surface area contributed by atoms with Gasteiger partial charge < -0.3 is 0 Å². The van der Waals surface area contributed by atoms with E-state index in [9.17, 15) is 4.79 Å². The Balaban J connectivity index is 2.60. The van der Waals surface area contributed by atoms with Crippen LogP contribution in [-0.2, 0) is 11.9 Å². The zero-order valence-corrected chi connectivity index (χ0v) is 11.1. The van der Waals surface area contributed by atoms with Crippen LogP contribution in [0.3, 0.4) is 0 Å². The van der Waals surface area contributed by atoms with E-state index in [2.05, 4.69) is 21.0 Å². The van der Waals surface area contributed by atoms with E-state index in [0.29, 0.717) is 11.9 Å². The maximum absolute atomic E-state index is 11.9. The van der Waals surface area contributed by atoms with Gasteiger partial charge in [-0.05, 0) is 13.0 Å². The summed E-state index contributed by atoms with van der Waals surface area (Å²) in [6.07, 6.45) is 0. The second kappa shape index (κ2) is 5.27. The third-order valence-electron chi connectivity index (χ3n) is 2.56.